The first-order chi connectivity index (χ1) is 11.5. The van der Waals surface area contributed by atoms with E-state index >= 15 is 0 Å². The Labute approximate surface area is 135 Å². The normalized spacial score (nSPS) is 10.7. The third-order valence-corrected chi connectivity index (χ3v) is 3.32. The molecule has 0 unspecified atom stereocenters. The maximum absolute atomic E-state index is 12.3. The maximum Gasteiger partial charge on any atom is 0.341 e. The van der Waals surface area contributed by atoms with Crippen LogP contribution >= 0.6 is 0 Å². The summed E-state index contributed by atoms with van der Waals surface area (Å²) in [4.78, 5) is 22.9. The SMILES string of the molecule is O=C(O)COc1cc(O)c2c(=O)c(O)c(-c3ccccc3)oc2c1. The van der Waals surface area contributed by atoms with Gasteiger partial charge in [-0.05, 0) is 0 Å². The number of ether oxygens (including phenoxy) is 1. The second kappa shape index (κ2) is 5.96. The summed E-state index contributed by atoms with van der Waals surface area (Å²) in [5.41, 5.74) is -0.347. The van der Waals surface area contributed by atoms with Crippen molar-refractivity contribution in [3.63, 3.8) is 0 Å². The van der Waals surface area contributed by atoms with Crippen LogP contribution in [0.3, 0.4) is 0 Å². The highest BCUT2D eigenvalue weighted by atomic mass is 16.5. The van der Waals surface area contributed by atoms with Gasteiger partial charge in [0, 0.05) is 17.7 Å². The fourth-order valence-electron chi connectivity index (χ4n) is 2.28. The number of phenolic OH excluding ortho intramolecular Hbond substituents is 1. The van der Waals surface area contributed by atoms with E-state index in [1.807, 2.05) is 0 Å². The minimum Gasteiger partial charge on any atom is -0.507 e. The molecule has 7 heteroatoms. The molecule has 0 aliphatic heterocycles. The molecule has 0 atom stereocenters. The van der Waals surface area contributed by atoms with Crippen molar-refractivity contribution in [1.82, 2.24) is 0 Å². The van der Waals surface area contributed by atoms with Crippen LogP contribution in [0.25, 0.3) is 22.3 Å². The van der Waals surface area contributed by atoms with Crippen LogP contribution in [0.2, 0.25) is 0 Å². The van der Waals surface area contributed by atoms with Crippen LogP contribution in [0.4, 0.5) is 0 Å². The Hall–Kier alpha value is -3.48. The predicted octanol–water partition coefficient (Wildman–Crippen LogP) is 2.33. The number of phenols is 1. The highest BCUT2D eigenvalue weighted by Crippen LogP contribution is 2.35. The van der Waals surface area contributed by atoms with Crippen molar-refractivity contribution in [3.05, 3.63) is 52.7 Å². The molecule has 0 aliphatic rings. The van der Waals surface area contributed by atoms with Gasteiger partial charge >= 0.3 is 5.97 Å². The van der Waals surface area contributed by atoms with E-state index in [9.17, 15) is 19.8 Å². The summed E-state index contributed by atoms with van der Waals surface area (Å²) < 4.78 is 10.5. The quantitative estimate of drug-likeness (QED) is 0.673. The summed E-state index contributed by atoms with van der Waals surface area (Å²) in [5, 5.41) is 28.5. The Bertz CT molecular complexity index is 974. The fraction of sp³-hybridized carbons (Fsp3) is 0.0588. The third kappa shape index (κ3) is 2.74. The number of fused-ring (bicyclic) bond motifs is 1. The molecule has 0 saturated carbocycles. The van der Waals surface area contributed by atoms with Crippen molar-refractivity contribution in [1.29, 1.82) is 0 Å². The number of aliphatic carboxylic acids is 1. The number of carbonyl (C=O) groups is 1. The average molecular weight is 328 g/mol. The number of aromatic hydroxyl groups is 2. The zero-order valence-corrected chi connectivity index (χ0v) is 12.2. The summed E-state index contributed by atoms with van der Waals surface area (Å²) in [6.07, 6.45) is 0. The molecule has 24 heavy (non-hydrogen) atoms. The van der Waals surface area contributed by atoms with Crippen molar-refractivity contribution >= 4 is 16.9 Å². The lowest BCUT2D eigenvalue weighted by atomic mass is 10.1. The standard InChI is InChI=1S/C17H12O7/c18-11-6-10(23-8-13(19)20)7-12-14(11)15(21)16(22)17(24-12)9-4-2-1-3-5-9/h1-7,18,22H,8H2,(H,19,20). The molecular formula is C17H12O7. The van der Waals surface area contributed by atoms with E-state index in [1.54, 1.807) is 30.3 Å². The van der Waals surface area contributed by atoms with Gasteiger partial charge in [-0.1, -0.05) is 30.3 Å². The molecule has 0 saturated heterocycles. The van der Waals surface area contributed by atoms with Gasteiger partial charge in [-0.3, -0.25) is 4.79 Å². The molecule has 122 valence electrons. The molecule has 3 aromatic rings. The molecule has 2 aromatic carbocycles. The van der Waals surface area contributed by atoms with Crippen molar-refractivity contribution in [2.24, 2.45) is 0 Å². The van der Waals surface area contributed by atoms with Crippen LogP contribution in [-0.2, 0) is 4.79 Å². The van der Waals surface area contributed by atoms with Gasteiger partial charge in [-0.25, -0.2) is 4.79 Å². The average Bonchev–Trinajstić information content (AvgIpc) is 2.56. The predicted molar refractivity (Wildman–Crippen MR) is 84.4 cm³/mol. The van der Waals surface area contributed by atoms with Crippen molar-refractivity contribution < 1.29 is 29.3 Å². The Kier molecular flexibility index (Phi) is 3.83. The molecule has 3 rings (SSSR count). The molecule has 0 amide bonds. The van der Waals surface area contributed by atoms with E-state index in [0.717, 1.165) is 6.07 Å². The number of carboxylic acid groups (broad SMARTS) is 1. The second-order valence-electron chi connectivity index (χ2n) is 4.97. The van der Waals surface area contributed by atoms with E-state index < -0.39 is 29.5 Å². The molecule has 3 N–H and O–H groups in total. The minimum absolute atomic E-state index is 0.0234. The first-order valence-electron chi connectivity index (χ1n) is 6.90. The topological polar surface area (TPSA) is 117 Å². The van der Waals surface area contributed by atoms with E-state index in [-0.39, 0.29) is 22.5 Å². The van der Waals surface area contributed by atoms with Crippen LogP contribution in [-0.4, -0.2) is 27.9 Å². The fourth-order valence-corrected chi connectivity index (χ4v) is 2.28. The first kappa shape index (κ1) is 15.4. The number of hydrogen-bond acceptors (Lipinski definition) is 6. The van der Waals surface area contributed by atoms with Gasteiger partial charge in [-0.2, -0.15) is 0 Å². The molecule has 1 aromatic heterocycles. The molecule has 0 aliphatic carbocycles. The molecule has 0 fully saturated rings. The molecule has 7 nitrogen and oxygen atoms in total. The van der Waals surface area contributed by atoms with Crippen LogP contribution < -0.4 is 10.2 Å². The van der Waals surface area contributed by atoms with E-state index in [1.165, 1.54) is 6.07 Å². The number of benzene rings is 2. The highest BCUT2D eigenvalue weighted by molar-refractivity contribution is 5.88. The summed E-state index contributed by atoms with van der Waals surface area (Å²) in [7, 11) is 0. The van der Waals surface area contributed by atoms with Gasteiger partial charge in [0.15, 0.2) is 12.4 Å². The lowest BCUT2D eigenvalue weighted by Gasteiger charge is -2.09. The summed E-state index contributed by atoms with van der Waals surface area (Å²) in [5.74, 6) is -2.32. The van der Waals surface area contributed by atoms with Gasteiger partial charge in [0.1, 0.15) is 22.5 Å². The lowest BCUT2D eigenvalue weighted by Crippen LogP contribution is -2.09. The summed E-state index contributed by atoms with van der Waals surface area (Å²) in [6.45, 7) is -0.612. The largest absolute Gasteiger partial charge is 0.507 e. The van der Waals surface area contributed by atoms with Crippen molar-refractivity contribution in [2.75, 3.05) is 6.61 Å². The zero-order valence-electron chi connectivity index (χ0n) is 12.2. The first-order valence-corrected chi connectivity index (χ1v) is 6.90. The highest BCUT2D eigenvalue weighted by Gasteiger charge is 2.19. The number of hydrogen-bond donors (Lipinski definition) is 3. The number of carboxylic acids is 1. The van der Waals surface area contributed by atoms with Crippen molar-refractivity contribution in [2.45, 2.75) is 0 Å². The van der Waals surface area contributed by atoms with Gasteiger partial charge in [0.2, 0.25) is 11.2 Å². The Morgan fingerprint density at radius 2 is 1.83 bits per heavy atom. The molecular weight excluding hydrogens is 316 g/mol. The summed E-state index contributed by atoms with van der Waals surface area (Å²) in [6, 6.07) is 10.9. The maximum atomic E-state index is 12.3. The van der Waals surface area contributed by atoms with Gasteiger partial charge in [0.25, 0.3) is 0 Å². The lowest BCUT2D eigenvalue weighted by molar-refractivity contribution is -0.139. The van der Waals surface area contributed by atoms with E-state index in [2.05, 4.69) is 0 Å². The van der Waals surface area contributed by atoms with Crippen LogP contribution in [0, 0.1) is 0 Å². The Morgan fingerprint density at radius 3 is 2.50 bits per heavy atom. The Balaban J connectivity index is 2.21. The van der Waals surface area contributed by atoms with Gasteiger partial charge in [0.05, 0.1) is 0 Å². The molecule has 0 bridgehead atoms. The molecule has 1 heterocycles. The third-order valence-electron chi connectivity index (χ3n) is 3.32. The zero-order chi connectivity index (χ0) is 17.3. The molecule has 0 radical (unpaired) electrons. The summed E-state index contributed by atoms with van der Waals surface area (Å²) >= 11 is 0. The smallest absolute Gasteiger partial charge is 0.341 e. The second-order valence-corrected chi connectivity index (χ2v) is 4.97. The van der Waals surface area contributed by atoms with Gasteiger partial charge in [-0.15, -0.1) is 0 Å². The molecule has 0 spiro atoms. The Morgan fingerprint density at radius 1 is 1.12 bits per heavy atom. The number of rotatable bonds is 4. The minimum atomic E-state index is -1.19. The van der Waals surface area contributed by atoms with Crippen LogP contribution in [0.1, 0.15) is 0 Å². The van der Waals surface area contributed by atoms with Gasteiger partial charge < -0.3 is 24.5 Å². The van der Waals surface area contributed by atoms with E-state index in [4.69, 9.17) is 14.3 Å². The van der Waals surface area contributed by atoms with E-state index in [0.29, 0.717) is 5.56 Å². The van der Waals surface area contributed by atoms with Crippen molar-refractivity contribution in [3.8, 4) is 28.6 Å². The monoisotopic (exact) mass is 328 g/mol. The van der Waals surface area contributed by atoms with Crippen LogP contribution in [0.15, 0.2) is 51.7 Å². The van der Waals surface area contributed by atoms with Crippen LogP contribution in [0.5, 0.6) is 17.2 Å².